The van der Waals surface area contributed by atoms with E-state index in [0.29, 0.717) is 0 Å². The Morgan fingerprint density at radius 3 is 1.36 bits per heavy atom. The summed E-state index contributed by atoms with van der Waals surface area (Å²) in [4.78, 5) is 0. The largest absolute Gasteiger partial charge is 0.351 e. The van der Waals surface area contributed by atoms with E-state index in [1.165, 1.54) is 0 Å². The molecule has 5 aromatic rings. The lowest BCUT2D eigenvalue weighted by Gasteiger charge is -2.19. The molecule has 2 heterocycles. The highest BCUT2D eigenvalue weighted by molar-refractivity contribution is 6.42. The van der Waals surface area contributed by atoms with Crippen LogP contribution in [0, 0.1) is 0 Å². The predicted octanol–water partition coefficient (Wildman–Crippen LogP) is 7.31. The second-order valence-corrected chi connectivity index (χ2v) is 7.90. The van der Waals surface area contributed by atoms with Crippen LogP contribution in [0.3, 0.4) is 0 Å². The summed E-state index contributed by atoms with van der Waals surface area (Å²) in [5.74, 6) is 0. The van der Waals surface area contributed by atoms with Crippen LogP contribution >= 0.6 is 23.2 Å². The summed E-state index contributed by atoms with van der Waals surface area (Å²) in [6.45, 7) is 0. The van der Waals surface area contributed by atoms with Crippen molar-refractivity contribution in [2.75, 3.05) is 0 Å². The fourth-order valence-electron chi connectivity index (χ4n) is 4.22. The van der Waals surface area contributed by atoms with Crippen molar-refractivity contribution in [3.05, 3.63) is 83.1 Å². The molecule has 0 fully saturated rings. The van der Waals surface area contributed by atoms with Crippen molar-refractivity contribution in [2.45, 2.75) is 0 Å². The smallest absolute Gasteiger partial charge is 0.0491 e. The predicted molar refractivity (Wildman–Crippen MR) is 120 cm³/mol. The van der Waals surface area contributed by atoms with Crippen LogP contribution in [0.4, 0.5) is 0 Å². The van der Waals surface area contributed by atoms with E-state index < -0.39 is 0 Å². The number of aromatic nitrogens is 2. The molecule has 0 atom stereocenters. The molecule has 0 saturated carbocycles. The number of halogens is 2. The van der Waals surface area contributed by atoms with Gasteiger partial charge >= 0.3 is 0 Å². The van der Waals surface area contributed by atoms with Crippen molar-refractivity contribution in [2.24, 2.45) is 14.1 Å². The molecule has 0 bridgehead atoms. The Bertz CT molecular complexity index is 1250. The van der Waals surface area contributed by atoms with E-state index in [1.54, 1.807) is 0 Å². The van der Waals surface area contributed by atoms with Crippen molar-refractivity contribution >= 4 is 44.7 Å². The third-order valence-corrected chi connectivity index (χ3v) is 6.10. The van der Waals surface area contributed by atoms with Crippen LogP contribution in [0.15, 0.2) is 73.1 Å². The minimum Gasteiger partial charge on any atom is -0.351 e. The van der Waals surface area contributed by atoms with Crippen LogP contribution in [0.25, 0.3) is 44.1 Å². The summed E-state index contributed by atoms with van der Waals surface area (Å²) in [7, 11) is 4.11. The van der Waals surface area contributed by atoms with Gasteiger partial charge in [0.1, 0.15) is 0 Å². The highest BCUT2D eigenvalue weighted by atomic mass is 35.5. The normalized spacial score (nSPS) is 11.6. The third-order valence-electron chi connectivity index (χ3n) is 5.47. The molecule has 0 radical (unpaired) electrons. The van der Waals surface area contributed by atoms with E-state index in [2.05, 4.69) is 72.0 Å². The van der Waals surface area contributed by atoms with Crippen LogP contribution < -0.4 is 0 Å². The van der Waals surface area contributed by atoms with Gasteiger partial charge in [0.15, 0.2) is 0 Å². The molecule has 0 saturated heterocycles. The van der Waals surface area contributed by atoms with Crippen LogP contribution in [0.2, 0.25) is 10.0 Å². The van der Waals surface area contributed by atoms with E-state index in [1.807, 2.05) is 24.3 Å². The van der Waals surface area contributed by atoms with Gasteiger partial charge in [-0.3, -0.25) is 0 Å². The van der Waals surface area contributed by atoms with Crippen LogP contribution in [0.1, 0.15) is 0 Å². The topological polar surface area (TPSA) is 9.86 Å². The fourth-order valence-corrected chi connectivity index (χ4v) is 4.75. The summed E-state index contributed by atoms with van der Waals surface area (Å²) in [5.41, 5.74) is 4.46. The minimum absolute atomic E-state index is 0.742. The van der Waals surface area contributed by atoms with Crippen LogP contribution in [0.5, 0.6) is 0 Å². The Kier molecular flexibility index (Phi) is 4.01. The third kappa shape index (κ3) is 2.42. The summed E-state index contributed by atoms with van der Waals surface area (Å²) in [5, 5.41) is 5.79. The highest BCUT2D eigenvalue weighted by Gasteiger charge is 2.21. The second kappa shape index (κ2) is 6.44. The van der Waals surface area contributed by atoms with Gasteiger partial charge in [-0.25, -0.2) is 0 Å². The molecule has 0 amide bonds. The zero-order valence-electron chi connectivity index (χ0n) is 15.6. The molecule has 138 valence electrons. The van der Waals surface area contributed by atoms with Crippen LogP contribution in [-0.2, 0) is 14.1 Å². The molecule has 3 aromatic carbocycles. The number of rotatable bonds is 2. The van der Waals surface area contributed by atoms with Gasteiger partial charge in [0.2, 0.25) is 0 Å². The number of hydrogen-bond donors (Lipinski definition) is 0. The Labute approximate surface area is 173 Å². The van der Waals surface area contributed by atoms with E-state index in [4.69, 9.17) is 23.2 Å². The standard InChI is InChI=1S/C24H18Cl2N2/c1-27-13-5-11-19(27)23-15-7-3-10-18(26)22(15)24(20-12-6-14-28(20)2)16-8-4-9-17(25)21(16)23/h3-14H,1-2H3. The Hall–Kier alpha value is -2.68. The van der Waals surface area contributed by atoms with Gasteiger partial charge in [0, 0.05) is 69.8 Å². The first-order valence-electron chi connectivity index (χ1n) is 9.13. The molecule has 0 unspecified atom stereocenters. The first-order chi connectivity index (χ1) is 13.6. The zero-order chi connectivity index (χ0) is 19.4. The molecule has 2 aromatic heterocycles. The monoisotopic (exact) mass is 404 g/mol. The molecule has 0 spiro atoms. The number of benzene rings is 3. The lowest BCUT2D eigenvalue weighted by atomic mass is 9.89. The Morgan fingerprint density at radius 2 is 1.00 bits per heavy atom. The van der Waals surface area contributed by atoms with Gasteiger partial charge in [-0.1, -0.05) is 47.5 Å². The van der Waals surface area contributed by atoms with Crippen LogP contribution in [-0.4, -0.2) is 9.13 Å². The summed E-state index contributed by atoms with van der Waals surface area (Å²) in [6, 6.07) is 20.6. The maximum atomic E-state index is 6.80. The van der Waals surface area contributed by atoms with Gasteiger partial charge in [-0.05, 0) is 47.2 Å². The summed E-state index contributed by atoms with van der Waals surface area (Å²) < 4.78 is 4.25. The number of aryl methyl sites for hydroxylation is 2. The van der Waals surface area contributed by atoms with E-state index in [9.17, 15) is 0 Å². The van der Waals surface area contributed by atoms with Gasteiger partial charge < -0.3 is 9.13 Å². The molecular formula is C24H18Cl2N2. The molecule has 0 aliphatic carbocycles. The maximum absolute atomic E-state index is 6.80. The van der Waals surface area contributed by atoms with Crippen molar-refractivity contribution < 1.29 is 0 Å². The molecule has 2 nitrogen and oxygen atoms in total. The lowest BCUT2D eigenvalue weighted by Crippen LogP contribution is -1.97. The SMILES string of the molecule is Cn1cccc1-c1c2cccc(Cl)c2c(-c2cccn2C)c2cccc(Cl)c12. The van der Waals surface area contributed by atoms with Gasteiger partial charge in [-0.15, -0.1) is 0 Å². The van der Waals surface area contributed by atoms with Crippen molar-refractivity contribution in [1.82, 2.24) is 9.13 Å². The van der Waals surface area contributed by atoms with Crippen molar-refractivity contribution in [3.63, 3.8) is 0 Å². The molecule has 28 heavy (non-hydrogen) atoms. The van der Waals surface area contributed by atoms with E-state index in [0.717, 1.165) is 54.1 Å². The maximum Gasteiger partial charge on any atom is 0.0491 e. The molecule has 0 N–H and O–H groups in total. The lowest BCUT2D eigenvalue weighted by molar-refractivity contribution is 0.938. The first kappa shape index (κ1) is 17.4. The molecule has 5 rings (SSSR count). The molecule has 0 aliphatic heterocycles. The summed E-state index contributed by atoms with van der Waals surface area (Å²) >= 11 is 13.6. The van der Waals surface area contributed by atoms with Crippen molar-refractivity contribution in [3.8, 4) is 22.5 Å². The number of hydrogen-bond acceptors (Lipinski definition) is 0. The van der Waals surface area contributed by atoms with E-state index >= 15 is 0 Å². The number of nitrogens with zero attached hydrogens (tertiary/aromatic N) is 2. The highest BCUT2D eigenvalue weighted by Crippen LogP contribution is 2.47. The Balaban J connectivity index is 2.13. The average molecular weight is 405 g/mol. The minimum atomic E-state index is 0.742. The van der Waals surface area contributed by atoms with Gasteiger partial charge in [0.25, 0.3) is 0 Å². The summed E-state index contributed by atoms with van der Waals surface area (Å²) in [6.07, 6.45) is 4.11. The fraction of sp³-hybridized carbons (Fsp3) is 0.0833. The average Bonchev–Trinajstić information content (AvgIpc) is 3.29. The first-order valence-corrected chi connectivity index (χ1v) is 9.89. The number of fused-ring (bicyclic) bond motifs is 2. The van der Waals surface area contributed by atoms with Gasteiger partial charge in [0.05, 0.1) is 0 Å². The van der Waals surface area contributed by atoms with E-state index in [-0.39, 0.29) is 0 Å². The molecular weight excluding hydrogens is 387 g/mol. The molecule has 4 heteroatoms. The quantitative estimate of drug-likeness (QED) is 0.273. The zero-order valence-corrected chi connectivity index (χ0v) is 17.1. The Morgan fingerprint density at radius 1 is 0.571 bits per heavy atom. The van der Waals surface area contributed by atoms with Crippen molar-refractivity contribution in [1.29, 1.82) is 0 Å². The molecule has 0 aliphatic rings. The second-order valence-electron chi connectivity index (χ2n) is 7.08. The van der Waals surface area contributed by atoms with Gasteiger partial charge in [-0.2, -0.15) is 0 Å².